The van der Waals surface area contributed by atoms with Crippen molar-refractivity contribution in [1.29, 1.82) is 0 Å². The number of para-hydroxylation sites is 1. The van der Waals surface area contributed by atoms with Gasteiger partial charge in [-0.1, -0.05) is 48.0 Å². The predicted octanol–water partition coefficient (Wildman–Crippen LogP) is 2.96. The van der Waals surface area contributed by atoms with E-state index in [-0.39, 0.29) is 11.3 Å². The fraction of sp³-hybridized carbons (Fsp3) is 0.130. The Balaban J connectivity index is 1.92. The van der Waals surface area contributed by atoms with Gasteiger partial charge in [0.1, 0.15) is 5.69 Å². The van der Waals surface area contributed by atoms with Crippen LogP contribution in [0.15, 0.2) is 54.7 Å². The van der Waals surface area contributed by atoms with Crippen molar-refractivity contribution >= 4 is 22.7 Å². The molecule has 0 unspecified atom stereocenters. The molecule has 2 aromatic heterocycles. The second-order valence-corrected chi connectivity index (χ2v) is 7.27. The van der Waals surface area contributed by atoms with Gasteiger partial charge in [-0.05, 0) is 25.5 Å². The Kier molecular flexibility index (Phi) is 4.79. The molecular formula is C23H21N5O2. The van der Waals surface area contributed by atoms with Crippen LogP contribution in [0.1, 0.15) is 37.7 Å². The number of benzene rings is 2. The highest BCUT2D eigenvalue weighted by Gasteiger charge is 2.25. The van der Waals surface area contributed by atoms with Crippen molar-refractivity contribution in [1.82, 2.24) is 14.8 Å². The number of hydrogen-bond donors (Lipinski definition) is 2. The number of fused-ring (bicyclic) bond motifs is 1. The Bertz CT molecular complexity index is 1290. The van der Waals surface area contributed by atoms with Crippen LogP contribution >= 0.6 is 0 Å². The molecule has 0 aliphatic heterocycles. The predicted molar refractivity (Wildman–Crippen MR) is 115 cm³/mol. The minimum atomic E-state index is -0.732. The standard InChI is InChI=1S/C23H21N5O2/c1-13-7-9-15(10-8-13)11-28-12-17(14(2)27-28)19-20(22(24)29)16-5-3-4-6-18(16)26-21(19)23(25)30/h3-10,12H,11H2,1-2H3,(H2,24,29)(H2,25,30). The maximum atomic E-state index is 12.4. The van der Waals surface area contributed by atoms with E-state index < -0.39 is 11.8 Å². The fourth-order valence-electron chi connectivity index (χ4n) is 3.63. The lowest BCUT2D eigenvalue weighted by Gasteiger charge is -2.13. The van der Waals surface area contributed by atoms with Crippen LogP contribution in [-0.4, -0.2) is 26.6 Å². The minimum absolute atomic E-state index is 0.000450. The molecule has 4 rings (SSSR count). The van der Waals surface area contributed by atoms with Gasteiger partial charge in [-0.25, -0.2) is 4.98 Å². The Morgan fingerprint density at radius 1 is 0.967 bits per heavy atom. The second-order valence-electron chi connectivity index (χ2n) is 7.27. The molecular weight excluding hydrogens is 378 g/mol. The lowest BCUT2D eigenvalue weighted by molar-refractivity contribution is 0.0996. The van der Waals surface area contributed by atoms with E-state index in [0.717, 1.165) is 5.56 Å². The normalized spacial score (nSPS) is 11.0. The molecule has 4 aromatic rings. The van der Waals surface area contributed by atoms with Gasteiger partial charge in [0.25, 0.3) is 5.91 Å². The van der Waals surface area contributed by atoms with E-state index in [1.165, 1.54) is 5.56 Å². The van der Waals surface area contributed by atoms with Gasteiger partial charge in [-0.2, -0.15) is 5.10 Å². The topological polar surface area (TPSA) is 117 Å². The van der Waals surface area contributed by atoms with Crippen LogP contribution in [0.2, 0.25) is 0 Å². The van der Waals surface area contributed by atoms with E-state index in [2.05, 4.69) is 10.1 Å². The summed E-state index contributed by atoms with van der Waals surface area (Å²) in [5.41, 5.74) is 15.9. The van der Waals surface area contributed by atoms with Gasteiger partial charge in [0.05, 0.1) is 23.3 Å². The van der Waals surface area contributed by atoms with Crippen molar-refractivity contribution in [2.45, 2.75) is 20.4 Å². The van der Waals surface area contributed by atoms with Gasteiger partial charge < -0.3 is 11.5 Å². The molecule has 4 N–H and O–H groups in total. The van der Waals surface area contributed by atoms with Gasteiger partial charge >= 0.3 is 0 Å². The Hall–Kier alpha value is -4.00. The zero-order valence-electron chi connectivity index (χ0n) is 16.7. The summed E-state index contributed by atoms with van der Waals surface area (Å²) in [5, 5.41) is 5.14. The number of amides is 2. The highest BCUT2D eigenvalue weighted by molar-refractivity contribution is 6.15. The molecule has 0 aliphatic carbocycles. The van der Waals surface area contributed by atoms with E-state index in [0.29, 0.717) is 34.3 Å². The molecule has 7 nitrogen and oxygen atoms in total. The van der Waals surface area contributed by atoms with Crippen LogP contribution in [0, 0.1) is 13.8 Å². The first-order valence-electron chi connectivity index (χ1n) is 9.47. The average molecular weight is 399 g/mol. The molecule has 2 amide bonds. The summed E-state index contributed by atoms with van der Waals surface area (Å²) in [6.07, 6.45) is 1.79. The SMILES string of the molecule is Cc1ccc(Cn2cc(-c3c(C(N)=O)nc4ccccc4c3C(N)=O)c(C)n2)cc1. The first kappa shape index (κ1) is 19.3. The summed E-state index contributed by atoms with van der Waals surface area (Å²) in [5.74, 6) is -1.39. The lowest BCUT2D eigenvalue weighted by Crippen LogP contribution is -2.20. The number of aromatic nitrogens is 3. The first-order chi connectivity index (χ1) is 14.3. The van der Waals surface area contributed by atoms with E-state index in [9.17, 15) is 9.59 Å². The number of nitrogens with zero attached hydrogens (tertiary/aromatic N) is 3. The molecule has 2 aromatic carbocycles. The van der Waals surface area contributed by atoms with Crippen molar-refractivity contribution in [2.24, 2.45) is 11.5 Å². The third kappa shape index (κ3) is 3.41. The minimum Gasteiger partial charge on any atom is -0.366 e. The van der Waals surface area contributed by atoms with Crippen molar-refractivity contribution in [2.75, 3.05) is 0 Å². The van der Waals surface area contributed by atoms with Crippen LogP contribution in [0.4, 0.5) is 0 Å². The van der Waals surface area contributed by atoms with Crippen molar-refractivity contribution < 1.29 is 9.59 Å². The molecule has 0 radical (unpaired) electrons. The van der Waals surface area contributed by atoms with Gasteiger partial charge in [0.2, 0.25) is 5.91 Å². The van der Waals surface area contributed by atoms with Crippen LogP contribution in [0.3, 0.4) is 0 Å². The summed E-state index contributed by atoms with van der Waals surface area (Å²) in [6.45, 7) is 4.38. The summed E-state index contributed by atoms with van der Waals surface area (Å²) in [6, 6.07) is 15.2. The van der Waals surface area contributed by atoms with Crippen LogP contribution < -0.4 is 11.5 Å². The summed E-state index contributed by atoms with van der Waals surface area (Å²) >= 11 is 0. The summed E-state index contributed by atoms with van der Waals surface area (Å²) < 4.78 is 1.76. The number of primary amides is 2. The molecule has 0 spiro atoms. The smallest absolute Gasteiger partial charge is 0.267 e. The molecule has 0 aliphatic rings. The molecule has 2 heterocycles. The monoisotopic (exact) mass is 399 g/mol. The molecule has 0 saturated heterocycles. The fourth-order valence-corrected chi connectivity index (χ4v) is 3.63. The highest BCUT2D eigenvalue weighted by Crippen LogP contribution is 2.33. The molecule has 0 saturated carbocycles. The zero-order valence-corrected chi connectivity index (χ0v) is 16.7. The third-order valence-electron chi connectivity index (χ3n) is 5.05. The third-order valence-corrected chi connectivity index (χ3v) is 5.05. The van der Waals surface area contributed by atoms with Crippen molar-refractivity contribution in [3.05, 3.63) is 82.8 Å². The molecule has 0 atom stereocenters. The largest absolute Gasteiger partial charge is 0.366 e. The molecule has 30 heavy (non-hydrogen) atoms. The number of pyridine rings is 1. The second kappa shape index (κ2) is 7.44. The Morgan fingerprint density at radius 3 is 2.33 bits per heavy atom. The van der Waals surface area contributed by atoms with Gasteiger partial charge in [0, 0.05) is 22.7 Å². The summed E-state index contributed by atoms with van der Waals surface area (Å²) in [4.78, 5) is 29.1. The van der Waals surface area contributed by atoms with E-state index in [1.807, 2.05) is 38.1 Å². The van der Waals surface area contributed by atoms with Crippen LogP contribution in [0.5, 0.6) is 0 Å². The van der Waals surface area contributed by atoms with E-state index >= 15 is 0 Å². The van der Waals surface area contributed by atoms with Crippen LogP contribution in [0.25, 0.3) is 22.0 Å². The maximum Gasteiger partial charge on any atom is 0.267 e. The van der Waals surface area contributed by atoms with Gasteiger partial charge in [0.15, 0.2) is 0 Å². The lowest BCUT2D eigenvalue weighted by atomic mass is 9.94. The van der Waals surface area contributed by atoms with E-state index in [1.54, 1.807) is 35.1 Å². The average Bonchev–Trinajstić information content (AvgIpc) is 3.07. The molecule has 0 bridgehead atoms. The highest BCUT2D eigenvalue weighted by atomic mass is 16.1. The Morgan fingerprint density at radius 2 is 1.67 bits per heavy atom. The maximum absolute atomic E-state index is 12.4. The molecule has 7 heteroatoms. The van der Waals surface area contributed by atoms with E-state index in [4.69, 9.17) is 11.5 Å². The number of rotatable bonds is 5. The first-order valence-corrected chi connectivity index (χ1v) is 9.47. The van der Waals surface area contributed by atoms with Crippen molar-refractivity contribution in [3.8, 4) is 11.1 Å². The number of aryl methyl sites for hydroxylation is 2. The number of nitrogens with two attached hydrogens (primary N) is 2. The van der Waals surface area contributed by atoms with Crippen LogP contribution in [-0.2, 0) is 6.54 Å². The molecule has 0 fully saturated rings. The molecule has 150 valence electrons. The zero-order chi connectivity index (χ0) is 21.4. The van der Waals surface area contributed by atoms with Crippen molar-refractivity contribution in [3.63, 3.8) is 0 Å². The van der Waals surface area contributed by atoms with Gasteiger partial charge in [-0.3, -0.25) is 14.3 Å². The number of hydrogen-bond acceptors (Lipinski definition) is 4. The van der Waals surface area contributed by atoms with Gasteiger partial charge in [-0.15, -0.1) is 0 Å². The number of carbonyl (C=O) groups is 2. The number of carbonyl (C=O) groups excluding carboxylic acids is 2. The quantitative estimate of drug-likeness (QED) is 0.536. The summed E-state index contributed by atoms with van der Waals surface area (Å²) in [7, 11) is 0. The Labute approximate surface area is 173 Å².